The van der Waals surface area contributed by atoms with Crippen molar-refractivity contribution in [2.24, 2.45) is 0 Å². The Kier molecular flexibility index (Phi) is 4.22. The number of hydrogen-bond donors (Lipinski definition) is 0. The van der Waals surface area contributed by atoms with Crippen molar-refractivity contribution in [3.8, 4) is 11.8 Å². The first kappa shape index (κ1) is 12.9. The average Bonchev–Trinajstić information content (AvgIpc) is 2.43. The molecule has 1 aromatic carbocycles. The highest BCUT2D eigenvalue weighted by Gasteiger charge is 2.11. The molecule has 96 valence electrons. The van der Waals surface area contributed by atoms with E-state index < -0.39 is 0 Å². The van der Waals surface area contributed by atoms with Crippen LogP contribution in [0.1, 0.15) is 24.5 Å². The lowest BCUT2D eigenvalue weighted by Gasteiger charge is -2.20. The van der Waals surface area contributed by atoms with Gasteiger partial charge >= 0.3 is 0 Å². The highest BCUT2D eigenvalue weighted by Crippen LogP contribution is 2.25. The van der Waals surface area contributed by atoms with E-state index in [0.717, 1.165) is 38.2 Å². The zero-order chi connectivity index (χ0) is 13.0. The third kappa shape index (κ3) is 3.02. The Morgan fingerprint density at radius 1 is 1.50 bits per heavy atom. The quantitative estimate of drug-likeness (QED) is 0.816. The molecule has 0 amide bonds. The van der Waals surface area contributed by atoms with Crippen molar-refractivity contribution < 1.29 is 4.74 Å². The summed E-state index contributed by atoms with van der Waals surface area (Å²) in [6, 6.07) is 8.70. The summed E-state index contributed by atoms with van der Waals surface area (Å²) in [6.45, 7) is 3.68. The first-order valence-electron chi connectivity index (χ1n) is 6.55. The molecular weight excluding hydrogens is 224 g/mol. The summed E-state index contributed by atoms with van der Waals surface area (Å²) in [5.41, 5.74) is 2.66. The Hall–Kier alpha value is -1.53. The van der Waals surface area contributed by atoms with Crippen molar-refractivity contribution in [2.75, 3.05) is 20.2 Å². The van der Waals surface area contributed by atoms with Crippen molar-refractivity contribution >= 4 is 0 Å². The predicted octanol–water partition coefficient (Wildman–Crippen LogP) is 2.40. The number of aryl methyl sites for hydroxylation is 1. The van der Waals surface area contributed by atoms with Crippen LogP contribution in [0.3, 0.4) is 0 Å². The molecule has 0 spiro atoms. The van der Waals surface area contributed by atoms with E-state index in [2.05, 4.69) is 29.2 Å². The van der Waals surface area contributed by atoms with Crippen LogP contribution in [0.2, 0.25) is 0 Å². The van der Waals surface area contributed by atoms with Crippen LogP contribution in [0.5, 0.6) is 5.75 Å². The van der Waals surface area contributed by atoms with Gasteiger partial charge in [-0.15, -0.1) is 0 Å². The molecule has 0 saturated carbocycles. The molecule has 1 aromatic rings. The maximum Gasteiger partial charge on any atom is 0.122 e. The molecule has 0 saturated heterocycles. The summed E-state index contributed by atoms with van der Waals surface area (Å²) < 4.78 is 5.61. The summed E-state index contributed by atoms with van der Waals surface area (Å²) in [7, 11) is 2.00. The van der Waals surface area contributed by atoms with Gasteiger partial charge in [-0.05, 0) is 50.4 Å². The van der Waals surface area contributed by atoms with E-state index in [4.69, 9.17) is 10.00 Å². The van der Waals surface area contributed by atoms with Gasteiger partial charge in [0.15, 0.2) is 0 Å². The number of nitriles is 1. The van der Waals surface area contributed by atoms with Crippen molar-refractivity contribution in [1.29, 1.82) is 5.26 Å². The second-order valence-corrected chi connectivity index (χ2v) is 4.93. The highest BCUT2D eigenvalue weighted by atomic mass is 16.5. The van der Waals surface area contributed by atoms with E-state index in [-0.39, 0.29) is 6.04 Å². The van der Waals surface area contributed by atoms with Crippen LogP contribution in [-0.2, 0) is 12.8 Å². The molecule has 2 rings (SSSR count). The first-order chi connectivity index (χ1) is 8.70. The first-order valence-corrected chi connectivity index (χ1v) is 6.55. The molecular formula is C15H20N2O. The Balaban J connectivity index is 1.96. The smallest absolute Gasteiger partial charge is 0.122 e. The maximum atomic E-state index is 8.85. The lowest BCUT2D eigenvalue weighted by molar-refractivity contribution is 0.287. The van der Waals surface area contributed by atoms with Crippen molar-refractivity contribution in [3.05, 3.63) is 29.3 Å². The van der Waals surface area contributed by atoms with Crippen molar-refractivity contribution in [2.45, 2.75) is 32.2 Å². The zero-order valence-corrected chi connectivity index (χ0v) is 11.1. The molecule has 18 heavy (non-hydrogen) atoms. The van der Waals surface area contributed by atoms with Crippen LogP contribution in [0.4, 0.5) is 0 Å². The van der Waals surface area contributed by atoms with Gasteiger partial charge in [0.05, 0.1) is 18.7 Å². The molecule has 1 unspecified atom stereocenters. The average molecular weight is 244 g/mol. The van der Waals surface area contributed by atoms with Crippen LogP contribution < -0.4 is 4.74 Å². The third-order valence-electron chi connectivity index (χ3n) is 3.57. The fourth-order valence-corrected chi connectivity index (χ4v) is 2.17. The topological polar surface area (TPSA) is 36.3 Å². The standard InChI is InChI=1S/C15H20N2O/c1-12(11-16)17(2)8-7-13-5-6-15-14(10-13)4-3-9-18-15/h5-6,10,12H,3-4,7-9H2,1-2H3. The van der Waals surface area contributed by atoms with Crippen LogP contribution >= 0.6 is 0 Å². The normalized spacial score (nSPS) is 15.7. The molecule has 1 atom stereocenters. The van der Waals surface area contributed by atoms with Crippen LogP contribution in [-0.4, -0.2) is 31.1 Å². The Labute approximate surface area is 109 Å². The molecule has 0 radical (unpaired) electrons. The van der Waals surface area contributed by atoms with Crippen LogP contribution in [0.15, 0.2) is 18.2 Å². The summed E-state index contributed by atoms with van der Waals surface area (Å²) >= 11 is 0. The zero-order valence-electron chi connectivity index (χ0n) is 11.1. The predicted molar refractivity (Wildman–Crippen MR) is 71.7 cm³/mol. The molecule has 0 bridgehead atoms. The fourth-order valence-electron chi connectivity index (χ4n) is 2.17. The SMILES string of the molecule is CC(C#N)N(C)CCc1ccc2c(c1)CCCO2. The van der Waals surface area contributed by atoms with Gasteiger partial charge < -0.3 is 4.74 Å². The molecule has 0 N–H and O–H groups in total. The van der Waals surface area contributed by atoms with Gasteiger partial charge in [-0.3, -0.25) is 4.90 Å². The van der Waals surface area contributed by atoms with Crippen LogP contribution in [0.25, 0.3) is 0 Å². The molecule has 0 aromatic heterocycles. The van der Waals surface area contributed by atoms with Gasteiger partial charge in [0.1, 0.15) is 5.75 Å². The highest BCUT2D eigenvalue weighted by molar-refractivity contribution is 5.38. The molecule has 0 fully saturated rings. The Morgan fingerprint density at radius 3 is 3.11 bits per heavy atom. The van der Waals surface area contributed by atoms with E-state index >= 15 is 0 Å². The van der Waals surface area contributed by atoms with Gasteiger partial charge in [0.25, 0.3) is 0 Å². The number of likely N-dealkylation sites (N-methyl/N-ethyl adjacent to an activating group) is 1. The van der Waals surface area contributed by atoms with Gasteiger partial charge in [-0.1, -0.05) is 12.1 Å². The number of nitrogens with zero attached hydrogens (tertiary/aromatic N) is 2. The number of ether oxygens (including phenoxy) is 1. The lowest BCUT2D eigenvalue weighted by Crippen LogP contribution is -2.29. The molecule has 1 heterocycles. The number of hydrogen-bond acceptors (Lipinski definition) is 3. The van der Waals surface area contributed by atoms with Gasteiger partial charge in [0.2, 0.25) is 0 Å². The summed E-state index contributed by atoms with van der Waals surface area (Å²) in [6.07, 6.45) is 3.21. The summed E-state index contributed by atoms with van der Waals surface area (Å²) in [5, 5.41) is 8.85. The largest absolute Gasteiger partial charge is 0.493 e. The molecule has 3 nitrogen and oxygen atoms in total. The Morgan fingerprint density at radius 2 is 2.33 bits per heavy atom. The van der Waals surface area contributed by atoms with Gasteiger partial charge in [0, 0.05) is 6.54 Å². The molecule has 1 aliphatic heterocycles. The van der Waals surface area contributed by atoms with E-state index in [1.807, 2.05) is 14.0 Å². The van der Waals surface area contributed by atoms with E-state index in [1.54, 1.807) is 0 Å². The van der Waals surface area contributed by atoms with E-state index in [9.17, 15) is 0 Å². The van der Waals surface area contributed by atoms with Gasteiger partial charge in [-0.25, -0.2) is 0 Å². The minimum absolute atomic E-state index is 0.0223. The van der Waals surface area contributed by atoms with Crippen molar-refractivity contribution in [3.63, 3.8) is 0 Å². The number of rotatable bonds is 4. The van der Waals surface area contributed by atoms with Crippen LogP contribution in [0, 0.1) is 11.3 Å². The molecule has 3 heteroatoms. The molecule has 0 aliphatic carbocycles. The monoisotopic (exact) mass is 244 g/mol. The van der Waals surface area contributed by atoms with E-state index in [0.29, 0.717) is 0 Å². The summed E-state index contributed by atoms with van der Waals surface area (Å²) in [5.74, 6) is 1.05. The summed E-state index contributed by atoms with van der Waals surface area (Å²) in [4.78, 5) is 2.08. The lowest BCUT2D eigenvalue weighted by atomic mass is 10.0. The van der Waals surface area contributed by atoms with Gasteiger partial charge in [-0.2, -0.15) is 5.26 Å². The van der Waals surface area contributed by atoms with E-state index in [1.165, 1.54) is 11.1 Å². The minimum Gasteiger partial charge on any atom is -0.493 e. The second kappa shape index (κ2) is 5.88. The maximum absolute atomic E-state index is 8.85. The minimum atomic E-state index is -0.0223. The number of benzene rings is 1. The van der Waals surface area contributed by atoms with Crippen molar-refractivity contribution in [1.82, 2.24) is 4.90 Å². The second-order valence-electron chi connectivity index (χ2n) is 4.93. The fraction of sp³-hybridized carbons (Fsp3) is 0.533. The number of fused-ring (bicyclic) bond motifs is 1. The third-order valence-corrected chi connectivity index (χ3v) is 3.57. The Bertz CT molecular complexity index is 450. The molecule has 1 aliphatic rings.